The molecule has 1 saturated heterocycles. The van der Waals surface area contributed by atoms with Gasteiger partial charge in [-0.15, -0.1) is 0 Å². The molecule has 14 heteroatoms. The third kappa shape index (κ3) is 4.53. The summed E-state index contributed by atoms with van der Waals surface area (Å²) in [5.41, 5.74) is -3.35. The van der Waals surface area contributed by atoms with Crippen molar-refractivity contribution in [3.05, 3.63) is 58.6 Å². The van der Waals surface area contributed by atoms with E-state index in [2.05, 4.69) is 4.99 Å². The molecule has 2 atom stereocenters. The van der Waals surface area contributed by atoms with Gasteiger partial charge in [-0.25, -0.2) is 4.79 Å². The number of nitrogens with zero attached hydrogens (tertiary/aromatic N) is 2. The summed E-state index contributed by atoms with van der Waals surface area (Å²) >= 11 is 5.77. The Labute approximate surface area is 218 Å². The van der Waals surface area contributed by atoms with Crippen molar-refractivity contribution in [3.8, 4) is 11.5 Å². The van der Waals surface area contributed by atoms with Gasteiger partial charge in [-0.1, -0.05) is 17.7 Å². The minimum absolute atomic E-state index is 0.0953. The molecule has 0 aromatic heterocycles. The van der Waals surface area contributed by atoms with Crippen molar-refractivity contribution in [2.75, 3.05) is 20.8 Å². The standard InChI is InChI=1S/C24H20ClF3N4O6/c1-37-15-8-3-12(11-16(15)38-2)9-10-32-18-17(20(34)30-22(32)36)23(21(35)29-18,24(26,27)28)31-19(33)13-4-6-14(25)7-5-13/h3-8,11,17H,9-10H2,1-2H3,(H,31,33)(H,30,34,36). The summed E-state index contributed by atoms with van der Waals surface area (Å²) in [4.78, 5) is 55.2. The van der Waals surface area contributed by atoms with Crippen molar-refractivity contribution in [1.82, 2.24) is 15.5 Å². The summed E-state index contributed by atoms with van der Waals surface area (Å²) in [5.74, 6) is -6.76. The van der Waals surface area contributed by atoms with Gasteiger partial charge in [0.25, 0.3) is 11.8 Å². The molecule has 0 radical (unpaired) electrons. The van der Waals surface area contributed by atoms with E-state index in [1.54, 1.807) is 23.5 Å². The number of hydrogen-bond donors (Lipinski definition) is 2. The van der Waals surface area contributed by atoms with Crippen LogP contribution in [0.4, 0.5) is 18.0 Å². The molecule has 5 amide bonds. The predicted molar refractivity (Wildman–Crippen MR) is 127 cm³/mol. The van der Waals surface area contributed by atoms with Crippen molar-refractivity contribution >= 4 is 41.2 Å². The van der Waals surface area contributed by atoms with Crippen molar-refractivity contribution < 1.29 is 41.8 Å². The number of hydrogen-bond acceptors (Lipinski definition) is 6. The van der Waals surface area contributed by atoms with E-state index >= 15 is 0 Å². The van der Waals surface area contributed by atoms with Crippen molar-refractivity contribution in [3.63, 3.8) is 0 Å². The Balaban J connectivity index is 1.66. The summed E-state index contributed by atoms with van der Waals surface area (Å²) in [5, 5.41) is 3.76. The number of carbonyl (C=O) groups excluding carboxylic acids is 4. The maximum atomic E-state index is 14.5. The number of amides is 5. The number of nitrogens with one attached hydrogen (secondary N) is 2. The average molecular weight is 553 g/mol. The Morgan fingerprint density at radius 1 is 1.11 bits per heavy atom. The Kier molecular flexibility index (Phi) is 7.06. The van der Waals surface area contributed by atoms with Gasteiger partial charge in [0.2, 0.25) is 11.4 Å². The van der Waals surface area contributed by atoms with Crippen molar-refractivity contribution in [1.29, 1.82) is 0 Å². The van der Waals surface area contributed by atoms with Gasteiger partial charge < -0.3 is 14.8 Å². The fourth-order valence-electron chi connectivity index (χ4n) is 4.28. The van der Waals surface area contributed by atoms with Crippen LogP contribution in [0.3, 0.4) is 0 Å². The molecule has 2 aromatic carbocycles. The maximum absolute atomic E-state index is 14.5. The summed E-state index contributed by atoms with van der Waals surface area (Å²) in [6.07, 6.45) is -5.35. The fourth-order valence-corrected chi connectivity index (χ4v) is 4.41. The van der Waals surface area contributed by atoms with Crippen LogP contribution < -0.4 is 20.1 Å². The second-order valence-corrected chi connectivity index (χ2v) is 8.80. The van der Waals surface area contributed by atoms with Gasteiger partial charge in [0.05, 0.1) is 14.2 Å². The number of imide groups is 1. The lowest BCUT2D eigenvalue weighted by Gasteiger charge is -2.39. The molecule has 2 unspecified atom stereocenters. The van der Waals surface area contributed by atoms with Gasteiger partial charge in [0.15, 0.2) is 11.5 Å². The van der Waals surface area contributed by atoms with Gasteiger partial charge in [-0.2, -0.15) is 18.2 Å². The summed E-state index contributed by atoms with van der Waals surface area (Å²) in [7, 11) is 2.87. The SMILES string of the molecule is COc1ccc(CCN2C(=O)NC(=O)C3C2=NC(=O)C3(NC(=O)c2ccc(Cl)cc2)C(F)(F)F)cc1OC. The number of alkyl halides is 3. The predicted octanol–water partition coefficient (Wildman–Crippen LogP) is 2.74. The minimum atomic E-state index is -5.45. The van der Waals surface area contributed by atoms with Crippen LogP contribution in [-0.4, -0.2) is 67.0 Å². The molecule has 2 aliphatic heterocycles. The quantitative estimate of drug-likeness (QED) is 0.544. The Hall–Kier alpha value is -4.13. The van der Waals surface area contributed by atoms with E-state index in [1.165, 1.54) is 26.4 Å². The lowest BCUT2D eigenvalue weighted by Crippen LogP contribution is -2.72. The van der Waals surface area contributed by atoms with Crippen LogP contribution in [-0.2, 0) is 16.0 Å². The normalized spacial score (nSPS) is 21.0. The molecule has 200 valence electrons. The number of rotatable bonds is 7. The zero-order valence-electron chi connectivity index (χ0n) is 19.9. The first kappa shape index (κ1) is 26.9. The van der Waals surface area contributed by atoms with Crippen LogP contribution in [0.5, 0.6) is 11.5 Å². The van der Waals surface area contributed by atoms with E-state index in [4.69, 9.17) is 21.1 Å². The highest BCUT2D eigenvalue weighted by molar-refractivity contribution is 6.30. The van der Waals surface area contributed by atoms with Gasteiger partial charge in [-0.3, -0.25) is 24.6 Å². The number of halogens is 4. The number of ether oxygens (including phenoxy) is 2. The monoisotopic (exact) mass is 552 g/mol. The Bertz CT molecular complexity index is 1350. The number of methoxy groups -OCH3 is 2. The highest BCUT2D eigenvalue weighted by atomic mass is 35.5. The molecule has 0 aliphatic carbocycles. The van der Waals surface area contributed by atoms with Gasteiger partial charge in [0, 0.05) is 17.1 Å². The first-order valence-corrected chi connectivity index (χ1v) is 11.4. The second kappa shape index (κ2) is 9.97. The van der Waals surface area contributed by atoms with Crippen LogP contribution in [0.25, 0.3) is 0 Å². The van der Waals surface area contributed by atoms with E-state index < -0.39 is 47.2 Å². The van der Waals surface area contributed by atoms with E-state index in [0.717, 1.165) is 17.0 Å². The Morgan fingerprint density at radius 3 is 2.37 bits per heavy atom. The minimum Gasteiger partial charge on any atom is -0.493 e. The molecular formula is C24H20ClF3N4O6. The van der Waals surface area contributed by atoms with Crippen LogP contribution in [0.15, 0.2) is 47.5 Å². The topological polar surface area (TPSA) is 126 Å². The van der Waals surface area contributed by atoms with E-state index in [1.807, 2.05) is 5.32 Å². The van der Waals surface area contributed by atoms with Gasteiger partial charge in [-0.05, 0) is 48.4 Å². The van der Waals surface area contributed by atoms with Crippen LogP contribution >= 0.6 is 11.6 Å². The Morgan fingerprint density at radius 2 is 1.76 bits per heavy atom. The molecule has 2 aromatic rings. The number of aliphatic imine (C=N–C) groups is 1. The van der Waals surface area contributed by atoms with Gasteiger partial charge in [0.1, 0.15) is 11.8 Å². The number of carbonyl (C=O) groups is 4. The molecule has 0 bridgehead atoms. The highest BCUT2D eigenvalue weighted by Gasteiger charge is 2.73. The molecule has 1 fully saturated rings. The second-order valence-electron chi connectivity index (χ2n) is 8.36. The van der Waals surface area contributed by atoms with Crippen LogP contribution in [0.1, 0.15) is 15.9 Å². The van der Waals surface area contributed by atoms with E-state index in [0.29, 0.717) is 17.1 Å². The third-order valence-electron chi connectivity index (χ3n) is 6.19. The first-order chi connectivity index (χ1) is 17.9. The summed E-state index contributed by atoms with van der Waals surface area (Å²) in [6.45, 7) is -0.240. The third-order valence-corrected chi connectivity index (χ3v) is 6.45. The zero-order chi connectivity index (χ0) is 27.8. The summed E-state index contributed by atoms with van der Waals surface area (Å²) in [6, 6.07) is 8.67. The smallest absolute Gasteiger partial charge is 0.422 e. The van der Waals surface area contributed by atoms with Crippen LogP contribution in [0.2, 0.25) is 5.02 Å². The summed E-state index contributed by atoms with van der Waals surface area (Å²) < 4.78 is 54.0. The number of fused-ring (bicyclic) bond motifs is 1. The number of amidine groups is 1. The van der Waals surface area contributed by atoms with E-state index in [9.17, 15) is 32.3 Å². The molecule has 0 spiro atoms. The maximum Gasteiger partial charge on any atom is 0.422 e. The molecule has 2 heterocycles. The molecule has 10 nitrogen and oxygen atoms in total. The lowest BCUT2D eigenvalue weighted by atomic mass is 9.81. The fraction of sp³-hybridized carbons (Fsp3) is 0.292. The van der Waals surface area contributed by atoms with Crippen molar-refractivity contribution in [2.45, 2.75) is 18.1 Å². The van der Waals surface area contributed by atoms with Crippen LogP contribution in [0, 0.1) is 5.92 Å². The molecule has 2 aliphatic rings. The lowest BCUT2D eigenvalue weighted by molar-refractivity contribution is -0.202. The molecule has 0 saturated carbocycles. The van der Waals surface area contributed by atoms with Crippen molar-refractivity contribution in [2.24, 2.45) is 10.9 Å². The zero-order valence-corrected chi connectivity index (χ0v) is 20.6. The average Bonchev–Trinajstić information content (AvgIpc) is 3.17. The molecule has 4 rings (SSSR count). The van der Waals surface area contributed by atoms with E-state index in [-0.39, 0.29) is 23.6 Å². The highest BCUT2D eigenvalue weighted by Crippen LogP contribution is 2.44. The first-order valence-electron chi connectivity index (χ1n) is 11.0. The molecule has 2 N–H and O–H groups in total. The van der Waals surface area contributed by atoms with Gasteiger partial charge >= 0.3 is 12.2 Å². The molecule has 38 heavy (non-hydrogen) atoms. The molecular weight excluding hydrogens is 533 g/mol. The largest absolute Gasteiger partial charge is 0.493 e. The number of urea groups is 1. The number of benzene rings is 2.